The SMILES string of the molecule is CNCCCNC(=O)CSc1ccccc1C. The van der Waals surface area contributed by atoms with Crippen LogP contribution in [-0.4, -0.2) is 31.8 Å². The van der Waals surface area contributed by atoms with Gasteiger partial charge in [0.15, 0.2) is 0 Å². The van der Waals surface area contributed by atoms with Crippen molar-refractivity contribution in [2.75, 3.05) is 25.9 Å². The third-order valence-electron chi connectivity index (χ3n) is 2.38. The Hall–Kier alpha value is -1.00. The van der Waals surface area contributed by atoms with Gasteiger partial charge in [0.25, 0.3) is 0 Å². The molecule has 17 heavy (non-hydrogen) atoms. The Bertz CT molecular complexity index is 355. The van der Waals surface area contributed by atoms with Gasteiger partial charge < -0.3 is 10.6 Å². The largest absolute Gasteiger partial charge is 0.355 e. The maximum Gasteiger partial charge on any atom is 0.230 e. The van der Waals surface area contributed by atoms with Gasteiger partial charge in [0, 0.05) is 11.4 Å². The fourth-order valence-electron chi connectivity index (χ4n) is 1.41. The minimum Gasteiger partial charge on any atom is -0.355 e. The highest BCUT2D eigenvalue weighted by Gasteiger charge is 2.03. The van der Waals surface area contributed by atoms with E-state index in [1.807, 2.05) is 25.2 Å². The highest BCUT2D eigenvalue weighted by molar-refractivity contribution is 8.00. The van der Waals surface area contributed by atoms with Crippen molar-refractivity contribution in [3.8, 4) is 0 Å². The molecule has 0 saturated carbocycles. The first-order valence-electron chi connectivity index (χ1n) is 5.83. The maximum absolute atomic E-state index is 11.5. The zero-order chi connectivity index (χ0) is 12.5. The summed E-state index contributed by atoms with van der Waals surface area (Å²) in [7, 11) is 1.91. The average Bonchev–Trinajstić information content (AvgIpc) is 2.34. The monoisotopic (exact) mass is 252 g/mol. The number of hydrogen-bond donors (Lipinski definition) is 2. The van der Waals surface area contributed by atoms with Gasteiger partial charge in [-0.05, 0) is 38.6 Å². The minimum atomic E-state index is 0.106. The number of aryl methyl sites for hydroxylation is 1. The number of carbonyl (C=O) groups excluding carboxylic acids is 1. The van der Waals surface area contributed by atoms with Crippen LogP contribution in [0.2, 0.25) is 0 Å². The number of nitrogens with one attached hydrogen (secondary N) is 2. The maximum atomic E-state index is 11.5. The lowest BCUT2D eigenvalue weighted by Crippen LogP contribution is -2.27. The molecule has 1 amide bonds. The Kier molecular flexibility index (Phi) is 6.74. The number of hydrogen-bond acceptors (Lipinski definition) is 3. The van der Waals surface area contributed by atoms with Crippen molar-refractivity contribution in [2.24, 2.45) is 0 Å². The number of thioether (sulfide) groups is 1. The lowest BCUT2D eigenvalue weighted by atomic mass is 10.2. The van der Waals surface area contributed by atoms with E-state index in [9.17, 15) is 4.79 Å². The molecule has 0 saturated heterocycles. The third-order valence-corrected chi connectivity index (χ3v) is 3.55. The Labute approximate surface area is 107 Å². The molecule has 2 N–H and O–H groups in total. The summed E-state index contributed by atoms with van der Waals surface area (Å²) in [5.41, 5.74) is 1.22. The molecule has 0 radical (unpaired) electrons. The third kappa shape index (κ3) is 5.75. The van der Waals surface area contributed by atoms with Crippen molar-refractivity contribution >= 4 is 17.7 Å². The highest BCUT2D eigenvalue weighted by Crippen LogP contribution is 2.21. The Morgan fingerprint density at radius 1 is 1.29 bits per heavy atom. The molecule has 0 aromatic heterocycles. The molecule has 0 spiro atoms. The van der Waals surface area contributed by atoms with Crippen LogP contribution in [-0.2, 0) is 4.79 Å². The van der Waals surface area contributed by atoms with Crippen molar-refractivity contribution < 1.29 is 4.79 Å². The fourth-order valence-corrected chi connectivity index (χ4v) is 2.26. The summed E-state index contributed by atoms with van der Waals surface area (Å²) < 4.78 is 0. The summed E-state index contributed by atoms with van der Waals surface area (Å²) in [5, 5.41) is 5.96. The zero-order valence-corrected chi connectivity index (χ0v) is 11.3. The van der Waals surface area contributed by atoms with E-state index in [2.05, 4.69) is 23.6 Å². The molecule has 1 aromatic carbocycles. The number of amides is 1. The second-order valence-corrected chi connectivity index (χ2v) is 4.88. The van der Waals surface area contributed by atoms with Crippen LogP contribution >= 0.6 is 11.8 Å². The van der Waals surface area contributed by atoms with Gasteiger partial charge in [-0.25, -0.2) is 0 Å². The number of rotatable bonds is 7. The molecule has 0 aliphatic rings. The summed E-state index contributed by atoms with van der Waals surface area (Å²) in [6.07, 6.45) is 0.970. The lowest BCUT2D eigenvalue weighted by molar-refractivity contribution is -0.118. The standard InChI is InChI=1S/C13H20N2OS/c1-11-6-3-4-7-12(11)17-10-13(16)15-9-5-8-14-2/h3-4,6-7,14H,5,8-10H2,1-2H3,(H,15,16). The van der Waals surface area contributed by atoms with Crippen molar-refractivity contribution in [3.05, 3.63) is 29.8 Å². The molecular weight excluding hydrogens is 232 g/mol. The van der Waals surface area contributed by atoms with E-state index in [0.717, 1.165) is 19.5 Å². The Balaban J connectivity index is 2.22. The van der Waals surface area contributed by atoms with E-state index < -0.39 is 0 Å². The topological polar surface area (TPSA) is 41.1 Å². The second kappa shape index (κ2) is 8.14. The van der Waals surface area contributed by atoms with Gasteiger partial charge in [-0.1, -0.05) is 18.2 Å². The molecule has 0 aliphatic carbocycles. The van der Waals surface area contributed by atoms with Gasteiger partial charge >= 0.3 is 0 Å². The van der Waals surface area contributed by atoms with Crippen molar-refractivity contribution in [1.29, 1.82) is 0 Å². The molecule has 0 bridgehead atoms. The van der Waals surface area contributed by atoms with Crippen molar-refractivity contribution in [1.82, 2.24) is 10.6 Å². The van der Waals surface area contributed by atoms with E-state index in [4.69, 9.17) is 0 Å². The first-order valence-corrected chi connectivity index (χ1v) is 6.82. The first kappa shape index (κ1) is 14.1. The van der Waals surface area contributed by atoms with Crippen LogP contribution in [0.3, 0.4) is 0 Å². The quantitative estimate of drug-likeness (QED) is 0.574. The summed E-state index contributed by atoms with van der Waals surface area (Å²) in [5.74, 6) is 0.596. The molecule has 94 valence electrons. The van der Waals surface area contributed by atoms with Crippen LogP contribution in [0, 0.1) is 6.92 Å². The molecule has 0 atom stereocenters. The van der Waals surface area contributed by atoms with Crippen LogP contribution in [0.15, 0.2) is 29.2 Å². The van der Waals surface area contributed by atoms with Gasteiger partial charge in [-0.2, -0.15) is 0 Å². The Morgan fingerprint density at radius 2 is 2.06 bits per heavy atom. The fraction of sp³-hybridized carbons (Fsp3) is 0.462. The van der Waals surface area contributed by atoms with E-state index >= 15 is 0 Å². The van der Waals surface area contributed by atoms with E-state index in [1.54, 1.807) is 11.8 Å². The summed E-state index contributed by atoms with van der Waals surface area (Å²) >= 11 is 1.59. The van der Waals surface area contributed by atoms with Gasteiger partial charge in [0.2, 0.25) is 5.91 Å². The smallest absolute Gasteiger partial charge is 0.230 e. The normalized spacial score (nSPS) is 10.2. The molecule has 0 aliphatic heterocycles. The van der Waals surface area contributed by atoms with E-state index in [0.29, 0.717) is 5.75 Å². The van der Waals surface area contributed by atoms with E-state index in [1.165, 1.54) is 10.5 Å². The highest BCUT2D eigenvalue weighted by atomic mass is 32.2. The summed E-state index contributed by atoms with van der Waals surface area (Å²) in [6, 6.07) is 8.12. The zero-order valence-electron chi connectivity index (χ0n) is 10.5. The molecule has 4 heteroatoms. The molecule has 0 fully saturated rings. The molecule has 0 unspecified atom stereocenters. The van der Waals surface area contributed by atoms with Crippen LogP contribution in [0.25, 0.3) is 0 Å². The van der Waals surface area contributed by atoms with Crippen LogP contribution < -0.4 is 10.6 Å². The number of benzene rings is 1. The molecule has 1 rings (SSSR count). The summed E-state index contributed by atoms with van der Waals surface area (Å²) in [4.78, 5) is 12.7. The number of carbonyl (C=O) groups is 1. The van der Waals surface area contributed by atoms with Gasteiger partial charge in [-0.3, -0.25) is 4.79 Å². The Morgan fingerprint density at radius 3 is 2.76 bits per heavy atom. The van der Waals surface area contributed by atoms with Gasteiger partial charge in [0.05, 0.1) is 5.75 Å². The van der Waals surface area contributed by atoms with Crippen LogP contribution in [0.5, 0.6) is 0 Å². The molecule has 3 nitrogen and oxygen atoms in total. The van der Waals surface area contributed by atoms with E-state index in [-0.39, 0.29) is 5.91 Å². The second-order valence-electron chi connectivity index (χ2n) is 3.86. The van der Waals surface area contributed by atoms with Gasteiger partial charge in [-0.15, -0.1) is 11.8 Å². The predicted molar refractivity (Wildman–Crippen MR) is 73.5 cm³/mol. The first-order chi connectivity index (χ1) is 8.24. The average molecular weight is 252 g/mol. The molecular formula is C13H20N2OS. The van der Waals surface area contributed by atoms with Crippen molar-refractivity contribution in [3.63, 3.8) is 0 Å². The van der Waals surface area contributed by atoms with Crippen LogP contribution in [0.4, 0.5) is 0 Å². The predicted octanol–water partition coefficient (Wildman–Crippen LogP) is 1.81. The minimum absolute atomic E-state index is 0.106. The van der Waals surface area contributed by atoms with Gasteiger partial charge in [0.1, 0.15) is 0 Å². The molecule has 1 aromatic rings. The lowest BCUT2D eigenvalue weighted by Gasteiger charge is -2.06. The van der Waals surface area contributed by atoms with Crippen LogP contribution in [0.1, 0.15) is 12.0 Å². The van der Waals surface area contributed by atoms with Crippen molar-refractivity contribution in [2.45, 2.75) is 18.2 Å². The molecule has 0 heterocycles. The summed E-state index contributed by atoms with van der Waals surface area (Å²) in [6.45, 7) is 3.74.